The molecular weight excluding hydrogens is 234 g/mol. The second-order valence-corrected chi connectivity index (χ2v) is 4.35. The number of hydrogen-bond acceptors (Lipinski definition) is 2. The number of nitrogens with zero attached hydrogens (tertiary/aromatic N) is 1. The van der Waals surface area contributed by atoms with Gasteiger partial charge in [0.1, 0.15) is 0 Å². The van der Waals surface area contributed by atoms with Crippen molar-refractivity contribution >= 4 is 5.78 Å². The molecule has 0 aliphatic heterocycles. The van der Waals surface area contributed by atoms with Crippen LogP contribution < -0.4 is 0 Å². The summed E-state index contributed by atoms with van der Waals surface area (Å²) in [4.78, 5) is 11.9. The molecule has 2 nitrogen and oxygen atoms in total. The molecule has 0 spiro atoms. The SMILES string of the molecule is C=C(C)C(=O)c1ccc(C#N)c(-c2ccccc2)c1. The van der Waals surface area contributed by atoms with Crippen molar-refractivity contribution in [2.75, 3.05) is 0 Å². The summed E-state index contributed by atoms with van der Waals surface area (Å²) >= 11 is 0. The Kier molecular flexibility index (Phi) is 3.58. The molecule has 2 rings (SSSR count). The molecule has 0 heterocycles. The predicted molar refractivity (Wildman–Crippen MR) is 75.7 cm³/mol. The fraction of sp³-hybridized carbons (Fsp3) is 0.0588. The summed E-state index contributed by atoms with van der Waals surface area (Å²) in [6.45, 7) is 5.35. The van der Waals surface area contributed by atoms with Crippen LogP contribution in [-0.2, 0) is 0 Å². The van der Waals surface area contributed by atoms with Gasteiger partial charge in [-0.2, -0.15) is 5.26 Å². The van der Waals surface area contributed by atoms with Crippen molar-refractivity contribution < 1.29 is 4.79 Å². The minimum Gasteiger partial charge on any atom is -0.289 e. The molecule has 2 heteroatoms. The first kappa shape index (κ1) is 12.8. The monoisotopic (exact) mass is 247 g/mol. The Morgan fingerprint density at radius 3 is 2.42 bits per heavy atom. The Labute approximate surface area is 112 Å². The third kappa shape index (κ3) is 2.61. The van der Waals surface area contributed by atoms with E-state index in [1.54, 1.807) is 25.1 Å². The van der Waals surface area contributed by atoms with Crippen LogP contribution in [0.25, 0.3) is 11.1 Å². The first-order valence-electron chi connectivity index (χ1n) is 5.93. The Bertz CT molecular complexity index is 678. The lowest BCUT2D eigenvalue weighted by molar-refractivity contribution is 0.103. The lowest BCUT2D eigenvalue weighted by Crippen LogP contribution is -2.00. The van der Waals surface area contributed by atoms with Gasteiger partial charge in [0.2, 0.25) is 0 Å². The maximum Gasteiger partial charge on any atom is 0.188 e. The van der Waals surface area contributed by atoms with Crippen LogP contribution in [0.1, 0.15) is 22.8 Å². The molecule has 0 atom stereocenters. The van der Waals surface area contributed by atoms with E-state index in [0.29, 0.717) is 16.7 Å². The third-order valence-electron chi connectivity index (χ3n) is 2.87. The van der Waals surface area contributed by atoms with Crippen LogP contribution in [0.2, 0.25) is 0 Å². The van der Waals surface area contributed by atoms with Crippen molar-refractivity contribution in [3.8, 4) is 17.2 Å². The zero-order chi connectivity index (χ0) is 13.8. The highest BCUT2D eigenvalue weighted by molar-refractivity contribution is 6.08. The maximum atomic E-state index is 11.9. The quantitative estimate of drug-likeness (QED) is 0.608. The minimum absolute atomic E-state index is 0.0957. The van der Waals surface area contributed by atoms with Crippen molar-refractivity contribution in [3.05, 3.63) is 71.8 Å². The molecule has 0 aliphatic rings. The molecule has 0 saturated heterocycles. The first-order valence-corrected chi connectivity index (χ1v) is 5.93. The molecule has 0 fully saturated rings. The molecule has 0 amide bonds. The lowest BCUT2D eigenvalue weighted by Gasteiger charge is -2.07. The van der Waals surface area contributed by atoms with E-state index >= 15 is 0 Å². The molecule has 92 valence electrons. The molecule has 0 saturated carbocycles. The predicted octanol–water partition coefficient (Wildman–Crippen LogP) is 3.98. The maximum absolute atomic E-state index is 11.9. The molecule has 0 aromatic heterocycles. The van der Waals surface area contributed by atoms with E-state index in [9.17, 15) is 4.79 Å². The van der Waals surface area contributed by atoms with Gasteiger partial charge in [-0.3, -0.25) is 4.79 Å². The van der Waals surface area contributed by atoms with Crippen LogP contribution in [-0.4, -0.2) is 5.78 Å². The Morgan fingerprint density at radius 1 is 1.16 bits per heavy atom. The van der Waals surface area contributed by atoms with E-state index in [4.69, 9.17) is 5.26 Å². The van der Waals surface area contributed by atoms with Crippen molar-refractivity contribution in [1.82, 2.24) is 0 Å². The van der Waals surface area contributed by atoms with Crippen LogP contribution in [0, 0.1) is 11.3 Å². The normalized spacial score (nSPS) is 9.68. The van der Waals surface area contributed by atoms with E-state index in [2.05, 4.69) is 12.6 Å². The fourth-order valence-corrected chi connectivity index (χ4v) is 1.89. The van der Waals surface area contributed by atoms with Gasteiger partial charge in [-0.25, -0.2) is 0 Å². The van der Waals surface area contributed by atoms with Crippen LogP contribution in [0.15, 0.2) is 60.7 Å². The summed E-state index contributed by atoms with van der Waals surface area (Å²) in [5, 5.41) is 9.17. The Hall–Kier alpha value is -2.66. The fourth-order valence-electron chi connectivity index (χ4n) is 1.89. The van der Waals surface area contributed by atoms with Gasteiger partial charge in [0, 0.05) is 11.1 Å². The number of rotatable bonds is 3. The molecule has 0 bridgehead atoms. The smallest absolute Gasteiger partial charge is 0.188 e. The summed E-state index contributed by atoms with van der Waals surface area (Å²) in [6, 6.07) is 16.8. The van der Waals surface area contributed by atoms with Crippen molar-refractivity contribution in [2.45, 2.75) is 6.92 Å². The number of carbonyl (C=O) groups excluding carboxylic acids is 1. The molecule has 2 aromatic rings. The highest BCUT2D eigenvalue weighted by Gasteiger charge is 2.11. The zero-order valence-corrected chi connectivity index (χ0v) is 10.7. The van der Waals surface area contributed by atoms with Crippen molar-refractivity contribution in [1.29, 1.82) is 5.26 Å². The average molecular weight is 247 g/mol. The number of benzene rings is 2. The molecule has 19 heavy (non-hydrogen) atoms. The van der Waals surface area contributed by atoms with E-state index < -0.39 is 0 Å². The number of carbonyl (C=O) groups is 1. The first-order chi connectivity index (χ1) is 9.13. The second kappa shape index (κ2) is 5.32. The summed E-state index contributed by atoms with van der Waals surface area (Å²) in [5.41, 5.74) is 3.31. The van der Waals surface area contributed by atoms with E-state index in [1.165, 1.54) is 0 Å². The summed E-state index contributed by atoms with van der Waals surface area (Å²) in [7, 11) is 0. The van der Waals surface area contributed by atoms with Crippen LogP contribution in [0.3, 0.4) is 0 Å². The van der Waals surface area contributed by atoms with Gasteiger partial charge in [-0.05, 0) is 36.3 Å². The minimum atomic E-state index is -0.0957. The molecule has 0 aliphatic carbocycles. The number of Topliss-reactive ketones (excluding diaryl/α,β-unsaturated/α-hetero) is 1. The largest absolute Gasteiger partial charge is 0.289 e. The van der Waals surface area contributed by atoms with Gasteiger partial charge in [-0.1, -0.05) is 36.9 Å². The molecule has 0 unspecified atom stereocenters. The molecule has 0 radical (unpaired) electrons. The van der Waals surface area contributed by atoms with E-state index in [-0.39, 0.29) is 5.78 Å². The number of nitriles is 1. The topological polar surface area (TPSA) is 40.9 Å². The van der Waals surface area contributed by atoms with Gasteiger partial charge < -0.3 is 0 Å². The van der Waals surface area contributed by atoms with Gasteiger partial charge >= 0.3 is 0 Å². The Balaban J connectivity index is 2.59. The molecule has 0 N–H and O–H groups in total. The van der Waals surface area contributed by atoms with Crippen LogP contribution in [0.5, 0.6) is 0 Å². The number of allylic oxidation sites excluding steroid dienone is 1. The van der Waals surface area contributed by atoms with Gasteiger partial charge in [-0.15, -0.1) is 0 Å². The highest BCUT2D eigenvalue weighted by atomic mass is 16.1. The lowest BCUT2D eigenvalue weighted by atomic mass is 9.95. The standard InChI is InChI=1S/C17H13NO/c1-12(2)17(19)14-8-9-15(11-18)16(10-14)13-6-4-3-5-7-13/h3-10H,1H2,2H3. The number of hydrogen-bond donors (Lipinski definition) is 0. The van der Waals surface area contributed by atoms with Crippen molar-refractivity contribution in [2.24, 2.45) is 0 Å². The van der Waals surface area contributed by atoms with E-state index in [0.717, 1.165) is 11.1 Å². The summed E-state index contributed by atoms with van der Waals surface area (Å²) < 4.78 is 0. The zero-order valence-electron chi connectivity index (χ0n) is 10.7. The molecular formula is C17H13NO. The summed E-state index contributed by atoms with van der Waals surface area (Å²) in [6.07, 6.45) is 0. The highest BCUT2D eigenvalue weighted by Crippen LogP contribution is 2.25. The van der Waals surface area contributed by atoms with Gasteiger partial charge in [0.15, 0.2) is 5.78 Å². The van der Waals surface area contributed by atoms with Gasteiger partial charge in [0.05, 0.1) is 11.6 Å². The van der Waals surface area contributed by atoms with Crippen LogP contribution >= 0.6 is 0 Å². The second-order valence-electron chi connectivity index (χ2n) is 4.35. The van der Waals surface area contributed by atoms with Gasteiger partial charge in [0.25, 0.3) is 0 Å². The number of ketones is 1. The molecule has 2 aromatic carbocycles. The average Bonchev–Trinajstić information content (AvgIpc) is 2.46. The Morgan fingerprint density at radius 2 is 1.84 bits per heavy atom. The van der Waals surface area contributed by atoms with Crippen molar-refractivity contribution in [3.63, 3.8) is 0 Å². The van der Waals surface area contributed by atoms with E-state index in [1.807, 2.05) is 30.3 Å². The van der Waals surface area contributed by atoms with Crippen LogP contribution in [0.4, 0.5) is 0 Å². The summed E-state index contributed by atoms with van der Waals surface area (Å²) in [5.74, 6) is -0.0957. The third-order valence-corrected chi connectivity index (χ3v) is 2.87.